The molecule has 1 saturated heterocycles. The Hall–Kier alpha value is -1.52. The lowest BCUT2D eigenvalue weighted by Gasteiger charge is -2.38. The van der Waals surface area contributed by atoms with E-state index in [1.165, 1.54) is 17.5 Å². The molecule has 9 heteroatoms. The number of halogens is 2. The zero-order chi connectivity index (χ0) is 21.0. The number of nitrogens with one attached hydrogen (secondary N) is 1. The Morgan fingerprint density at radius 3 is 2.30 bits per heavy atom. The number of anilines is 1. The maximum atomic E-state index is 11.6. The van der Waals surface area contributed by atoms with Crippen molar-refractivity contribution in [3.63, 3.8) is 0 Å². The summed E-state index contributed by atoms with van der Waals surface area (Å²) < 4.78 is 23.2. The van der Waals surface area contributed by atoms with Gasteiger partial charge in [-0.1, -0.05) is 29.8 Å². The molecular weight excluding hydrogens is 535 g/mol. The molecule has 0 atom stereocenters. The van der Waals surface area contributed by atoms with Crippen LogP contribution in [0.3, 0.4) is 0 Å². The van der Waals surface area contributed by atoms with Crippen molar-refractivity contribution in [2.75, 3.05) is 44.4 Å². The average molecular weight is 563 g/mol. The summed E-state index contributed by atoms with van der Waals surface area (Å²) in [6.07, 6.45) is 1.21. The van der Waals surface area contributed by atoms with Gasteiger partial charge in [0.15, 0.2) is 15.8 Å². The molecule has 0 spiro atoms. The monoisotopic (exact) mass is 562 g/mol. The van der Waals surface area contributed by atoms with E-state index in [9.17, 15) is 8.42 Å². The quantitative estimate of drug-likeness (QED) is 0.351. The minimum Gasteiger partial charge on any atom is -0.368 e. The minimum atomic E-state index is -3.17. The molecule has 0 saturated carbocycles. The van der Waals surface area contributed by atoms with E-state index in [0.29, 0.717) is 11.4 Å². The maximum absolute atomic E-state index is 11.6. The summed E-state index contributed by atoms with van der Waals surface area (Å²) in [5.74, 6) is 0.847. The van der Waals surface area contributed by atoms with E-state index < -0.39 is 9.84 Å². The van der Waals surface area contributed by atoms with Crippen LogP contribution in [0.25, 0.3) is 0 Å². The lowest BCUT2D eigenvalue weighted by atomic mass is 10.1. The van der Waals surface area contributed by atoms with Crippen LogP contribution in [0.1, 0.15) is 11.1 Å². The van der Waals surface area contributed by atoms with Crippen molar-refractivity contribution in [3.8, 4) is 0 Å². The van der Waals surface area contributed by atoms with Crippen molar-refractivity contribution >= 4 is 57.1 Å². The number of guanidine groups is 1. The largest absolute Gasteiger partial charge is 0.368 e. The normalized spacial score (nSPS) is 15.0. The molecule has 1 fully saturated rings. The Balaban J connectivity index is 0.00000320. The highest BCUT2D eigenvalue weighted by atomic mass is 127. The highest BCUT2D eigenvalue weighted by molar-refractivity contribution is 14.0. The summed E-state index contributed by atoms with van der Waals surface area (Å²) in [7, 11) is -1.39. The van der Waals surface area contributed by atoms with Gasteiger partial charge >= 0.3 is 0 Å². The van der Waals surface area contributed by atoms with Gasteiger partial charge in [0.05, 0.1) is 4.90 Å². The molecule has 0 amide bonds. The second-order valence-electron chi connectivity index (χ2n) is 7.22. The Kier molecular flexibility index (Phi) is 8.81. The van der Waals surface area contributed by atoms with Gasteiger partial charge in [0.25, 0.3) is 0 Å². The van der Waals surface area contributed by atoms with Crippen LogP contribution < -0.4 is 10.2 Å². The number of benzene rings is 2. The second kappa shape index (κ2) is 10.7. The summed E-state index contributed by atoms with van der Waals surface area (Å²) in [5.41, 5.74) is 3.42. The van der Waals surface area contributed by atoms with Crippen molar-refractivity contribution in [2.24, 2.45) is 4.99 Å². The number of hydrogen-bond donors (Lipinski definition) is 1. The Morgan fingerprint density at radius 1 is 1.10 bits per heavy atom. The Bertz CT molecular complexity index is 989. The van der Waals surface area contributed by atoms with E-state index in [1.807, 2.05) is 24.3 Å². The first-order chi connectivity index (χ1) is 13.8. The van der Waals surface area contributed by atoms with Gasteiger partial charge in [0, 0.05) is 56.7 Å². The van der Waals surface area contributed by atoms with Crippen molar-refractivity contribution in [2.45, 2.75) is 18.4 Å². The van der Waals surface area contributed by atoms with Gasteiger partial charge < -0.3 is 15.1 Å². The fraction of sp³-hybridized carbons (Fsp3) is 0.381. The minimum absolute atomic E-state index is 0. The number of aliphatic imine (C=N–C) groups is 1. The van der Waals surface area contributed by atoms with E-state index >= 15 is 0 Å². The topological polar surface area (TPSA) is 65.0 Å². The van der Waals surface area contributed by atoms with E-state index in [0.717, 1.165) is 42.7 Å². The van der Waals surface area contributed by atoms with Crippen LogP contribution in [-0.2, 0) is 16.4 Å². The Morgan fingerprint density at radius 2 is 1.73 bits per heavy atom. The zero-order valence-corrected chi connectivity index (χ0v) is 21.3. The predicted octanol–water partition coefficient (Wildman–Crippen LogP) is 3.57. The van der Waals surface area contributed by atoms with Crippen LogP contribution in [0.15, 0.2) is 52.4 Å². The van der Waals surface area contributed by atoms with Crippen LogP contribution in [0.5, 0.6) is 0 Å². The number of rotatable bonds is 4. The molecule has 1 heterocycles. The van der Waals surface area contributed by atoms with Gasteiger partial charge in [0.2, 0.25) is 0 Å². The molecule has 1 N–H and O–H groups in total. The first-order valence-electron chi connectivity index (χ1n) is 9.53. The summed E-state index contributed by atoms with van der Waals surface area (Å²) in [6, 6.07) is 12.9. The molecule has 0 radical (unpaired) electrons. The van der Waals surface area contributed by atoms with Crippen LogP contribution in [0.4, 0.5) is 5.69 Å². The molecule has 2 aromatic rings. The Labute approximate surface area is 201 Å². The molecule has 6 nitrogen and oxygen atoms in total. The first-order valence-corrected chi connectivity index (χ1v) is 11.8. The van der Waals surface area contributed by atoms with Gasteiger partial charge in [-0.25, -0.2) is 8.42 Å². The van der Waals surface area contributed by atoms with E-state index in [1.54, 1.807) is 19.2 Å². The molecule has 0 unspecified atom stereocenters. The number of nitrogens with zero attached hydrogens (tertiary/aromatic N) is 3. The predicted molar refractivity (Wildman–Crippen MR) is 135 cm³/mol. The maximum Gasteiger partial charge on any atom is 0.194 e. The van der Waals surface area contributed by atoms with E-state index in [-0.39, 0.29) is 24.0 Å². The van der Waals surface area contributed by atoms with Crippen molar-refractivity contribution < 1.29 is 8.42 Å². The standard InChI is InChI=1S/C21H27ClN4O2S.HI/c1-16-4-7-18(22)14-20(16)25-10-12-26(13-11-25)21(23-2)24-15-17-5-8-19(9-6-17)29(3,27)28;/h4-9,14H,10-13,15H2,1-3H3,(H,23,24);1H. The van der Waals surface area contributed by atoms with Crippen molar-refractivity contribution in [3.05, 3.63) is 58.6 Å². The van der Waals surface area contributed by atoms with Crippen molar-refractivity contribution in [1.29, 1.82) is 0 Å². The third-order valence-corrected chi connectivity index (χ3v) is 6.47. The SMILES string of the molecule is CN=C(NCc1ccc(S(C)(=O)=O)cc1)N1CCN(c2cc(Cl)ccc2C)CC1.I. The van der Waals surface area contributed by atoms with Crippen LogP contribution >= 0.6 is 35.6 Å². The number of sulfone groups is 1. The van der Waals surface area contributed by atoms with Crippen molar-refractivity contribution in [1.82, 2.24) is 10.2 Å². The van der Waals surface area contributed by atoms with Gasteiger partial charge in [-0.2, -0.15) is 0 Å². The molecule has 0 aliphatic carbocycles. The molecule has 164 valence electrons. The third kappa shape index (κ3) is 6.24. The van der Waals surface area contributed by atoms with Crippen LogP contribution in [0, 0.1) is 6.92 Å². The summed E-state index contributed by atoms with van der Waals surface area (Å²) in [5, 5.41) is 4.13. The summed E-state index contributed by atoms with van der Waals surface area (Å²) >= 11 is 6.17. The zero-order valence-electron chi connectivity index (χ0n) is 17.4. The molecule has 0 aromatic heterocycles. The highest BCUT2D eigenvalue weighted by Gasteiger charge is 2.21. The van der Waals surface area contributed by atoms with Crippen LogP contribution in [0.2, 0.25) is 5.02 Å². The van der Waals surface area contributed by atoms with Gasteiger partial charge in [0.1, 0.15) is 0 Å². The first kappa shape index (κ1) is 24.7. The number of aryl methyl sites for hydroxylation is 1. The third-order valence-electron chi connectivity index (χ3n) is 5.11. The van der Waals surface area contributed by atoms with E-state index in [4.69, 9.17) is 11.6 Å². The molecule has 0 bridgehead atoms. The lowest BCUT2D eigenvalue weighted by molar-refractivity contribution is 0.372. The van der Waals surface area contributed by atoms with E-state index in [2.05, 4.69) is 33.1 Å². The molecule has 1 aliphatic heterocycles. The molecule has 1 aliphatic rings. The fourth-order valence-corrected chi connectivity index (χ4v) is 4.25. The van der Waals surface area contributed by atoms with Gasteiger partial charge in [-0.05, 0) is 42.3 Å². The lowest BCUT2D eigenvalue weighted by Crippen LogP contribution is -2.52. The van der Waals surface area contributed by atoms with Gasteiger partial charge in [-0.3, -0.25) is 4.99 Å². The highest BCUT2D eigenvalue weighted by Crippen LogP contribution is 2.25. The number of hydrogen-bond acceptors (Lipinski definition) is 4. The molecular formula is C21H28ClIN4O2S. The molecule has 3 rings (SSSR count). The summed E-state index contributed by atoms with van der Waals surface area (Å²) in [6.45, 7) is 6.20. The summed E-state index contributed by atoms with van der Waals surface area (Å²) in [4.78, 5) is 9.33. The molecule has 2 aromatic carbocycles. The van der Waals surface area contributed by atoms with Crippen LogP contribution in [-0.4, -0.2) is 58.8 Å². The fourth-order valence-electron chi connectivity index (χ4n) is 3.45. The van der Waals surface area contributed by atoms with Gasteiger partial charge in [-0.15, -0.1) is 24.0 Å². The number of piperazine rings is 1. The smallest absolute Gasteiger partial charge is 0.194 e. The average Bonchev–Trinajstić information content (AvgIpc) is 2.70. The molecule has 30 heavy (non-hydrogen) atoms. The second-order valence-corrected chi connectivity index (χ2v) is 9.67.